The molecule has 0 spiro atoms. The Hall–Kier alpha value is -0.570. The third-order valence-corrected chi connectivity index (χ3v) is 3.43. The summed E-state index contributed by atoms with van der Waals surface area (Å²) in [5.41, 5.74) is -0.131. The van der Waals surface area contributed by atoms with E-state index >= 15 is 0 Å². The smallest absolute Gasteiger partial charge is 0.226 e. The Morgan fingerprint density at radius 1 is 1.47 bits per heavy atom. The minimum Gasteiger partial charge on any atom is -0.396 e. The van der Waals surface area contributed by atoms with Gasteiger partial charge in [0.1, 0.15) is 0 Å². The van der Waals surface area contributed by atoms with Crippen molar-refractivity contribution in [3.05, 3.63) is 0 Å². The highest BCUT2D eigenvalue weighted by Gasteiger charge is 2.36. The van der Waals surface area contributed by atoms with Gasteiger partial charge in [0.15, 0.2) is 0 Å². The van der Waals surface area contributed by atoms with Crippen LogP contribution in [0.2, 0.25) is 0 Å². The van der Waals surface area contributed by atoms with Crippen molar-refractivity contribution in [2.24, 2.45) is 5.41 Å². The maximum Gasteiger partial charge on any atom is 0.226 e. The molecule has 1 saturated carbocycles. The van der Waals surface area contributed by atoms with Gasteiger partial charge in [-0.05, 0) is 32.6 Å². The van der Waals surface area contributed by atoms with Crippen LogP contribution >= 0.6 is 0 Å². The van der Waals surface area contributed by atoms with Crippen molar-refractivity contribution in [1.29, 1.82) is 0 Å². The van der Waals surface area contributed by atoms with E-state index in [9.17, 15) is 4.79 Å². The van der Waals surface area contributed by atoms with Gasteiger partial charge in [0.25, 0.3) is 0 Å². The number of aliphatic hydroxyl groups excluding tert-OH is 1. The van der Waals surface area contributed by atoms with E-state index in [1.165, 1.54) is 12.8 Å². The Morgan fingerprint density at radius 3 is 2.60 bits per heavy atom. The highest BCUT2D eigenvalue weighted by Crippen LogP contribution is 2.37. The summed E-state index contributed by atoms with van der Waals surface area (Å²) >= 11 is 0. The van der Waals surface area contributed by atoms with E-state index in [1.54, 1.807) is 0 Å². The number of aliphatic hydroxyl groups is 1. The molecule has 0 radical (unpaired) electrons. The van der Waals surface area contributed by atoms with E-state index in [2.05, 4.69) is 12.2 Å². The average Bonchev–Trinajstić information content (AvgIpc) is 2.63. The van der Waals surface area contributed by atoms with Crippen LogP contribution in [0.15, 0.2) is 0 Å². The van der Waals surface area contributed by atoms with Crippen LogP contribution in [0.3, 0.4) is 0 Å². The second kappa shape index (κ2) is 5.50. The zero-order chi connectivity index (χ0) is 11.3. The van der Waals surface area contributed by atoms with Gasteiger partial charge in [0.2, 0.25) is 5.91 Å². The van der Waals surface area contributed by atoms with E-state index in [1.807, 2.05) is 6.92 Å². The summed E-state index contributed by atoms with van der Waals surface area (Å²) in [4.78, 5) is 12.0. The molecule has 1 unspecified atom stereocenters. The van der Waals surface area contributed by atoms with Gasteiger partial charge < -0.3 is 10.4 Å². The molecule has 1 aliphatic rings. The molecule has 0 saturated heterocycles. The average molecular weight is 213 g/mol. The van der Waals surface area contributed by atoms with E-state index < -0.39 is 0 Å². The lowest BCUT2D eigenvalue weighted by Crippen LogP contribution is -2.41. The molecular formula is C12H23NO2. The minimum atomic E-state index is -0.131. The fourth-order valence-corrected chi connectivity index (χ4v) is 2.25. The quantitative estimate of drug-likeness (QED) is 0.732. The normalized spacial score (nSPS) is 21.3. The third kappa shape index (κ3) is 3.49. The van der Waals surface area contributed by atoms with Gasteiger partial charge in [-0.15, -0.1) is 0 Å². The summed E-state index contributed by atoms with van der Waals surface area (Å²) in [6, 6.07) is 0.182. The number of hydrogen-bond donors (Lipinski definition) is 2. The van der Waals surface area contributed by atoms with Gasteiger partial charge in [-0.3, -0.25) is 4.79 Å². The maximum atomic E-state index is 12.0. The molecule has 88 valence electrons. The number of amides is 1. The molecule has 1 atom stereocenters. The number of nitrogens with one attached hydrogen (secondary N) is 1. The van der Waals surface area contributed by atoms with E-state index in [-0.39, 0.29) is 24.0 Å². The van der Waals surface area contributed by atoms with Crippen molar-refractivity contribution in [3.8, 4) is 0 Å². The lowest BCUT2D eigenvalue weighted by atomic mass is 9.87. The zero-order valence-electron chi connectivity index (χ0n) is 9.88. The molecule has 0 aromatic rings. The molecule has 1 aliphatic carbocycles. The lowest BCUT2D eigenvalue weighted by Gasteiger charge is -2.25. The molecular weight excluding hydrogens is 190 g/mol. The van der Waals surface area contributed by atoms with Crippen LogP contribution in [0.1, 0.15) is 52.4 Å². The van der Waals surface area contributed by atoms with E-state index in [4.69, 9.17) is 5.11 Å². The largest absolute Gasteiger partial charge is 0.396 e. The van der Waals surface area contributed by atoms with Crippen LogP contribution < -0.4 is 5.32 Å². The van der Waals surface area contributed by atoms with Crippen LogP contribution in [0, 0.1) is 5.41 Å². The highest BCUT2D eigenvalue weighted by atomic mass is 16.2. The lowest BCUT2D eigenvalue weighted by molar-refractivity contribution is -0.130. The molecule has 1 amide bonds. The van der Waals surface area contributed by atoms with Crippen LogP contribution in [0.25, 0.3) is 0 Å². The minimum absolute atomic E-state index is 0.131. The number of rotatable bonds is 5. The summed E-state index contributed by atoms with van der Waals surface area (Å²) in [5.74, 6) is 0.199. The van der Waals surface area contributed by atoms with Crippen molar-refractivity contribution >= 4 is 5.91 Å². The van der Waals surface area contributed by atoms with Crippen molar-refractivity contribution in [2.45, 2.75) is 58.4 Å². The summed E-state index contributed by atoms with van der Waals surface area (Å²) in [5, 5.41) is 11.7. The summed E-state index contributed by atoms with van der Waals surface area (Å²) in [6.07, 6.45) is 6.01. The Kier molecular flexibility index (Phi) is 4.58. The number of hydrogen-bond acceptors (Lipinski definition) is 2. The second-order valence-corrected chi connectivity index (χ2v) is 5.01. The van der Waals surface area contributed by atoms with Gasteiger partial charge >= 0.3 is 0 Å². The fourth-order valence-electron chi connectivity index (χ4n) is 2.25. The zero-order valence-corrected chi connectivity index (χ0v) is 9.88. The monoisotopic (exact) mass is 213 g/mol. The predicted octanol–water partition coefficient (Wildman–Crippen LogP) is 1.84. The molecule has 1 fully saturated rings. The molecule has 1 rings (SSSR count). The van der Waals surface area contributed by atoms with Crippen molar-refractivity contribution in [1.82, 2.24) is 5.32 Å². The van der Waals surface area contributed by atoms with Crippen LogP contribution in [-0.4, -0.2) is 23.7 Å². The molecule has 0 aromatic carbocycles. The second-order valence-electron chi connectivity index (χ2n) is 5.01. The molecule has 0 bridgehead atoms. The Balaban J connectivity index is 2.34. The van der Waals surface area contributed by atoms with E-state index in [0.29, 0.717) is 0 Å². The van der Waals surface area contributed by atoms with Gasteiger partial charge in [0, 0.05) is 18.1 Å². The standard InChI is InChI=1S/C12H23NO2/c1-10(6-5-9-14)13-11(15)12(2)7-3-4-8-12/h10,14H,3-9H2,1-2H3,(H,13,15). The van der Waals surface area contributed by atoms with Crippen LogP contribution in [-0.2, 0) is 4.79 Å². The summed E-state index contributed by atoms with van der Waals surface area (Å²) in [7, 11) is 0. The third-order valence-electron chi connectivity index (χ3n) is 3.43. The highest BCUT2D eigenvalue weighted by molar-refractivity contribution is 5.82. The topological polar surface area (TPSA) is 49.3 Å². The van der Waals surface area contributed by atoms with Crippen LogP contribution in [0.5, 0.6) is 0 Å². The Bertz CT molecular complexity index is 210. The van der Waals surface area contributed by atoms with Crippen LogP contribution in [0.4, 0.5) is 0 Å². The van der Waals surface area contributed by atoms with Gasteiger partial charge in [-0.2, -0.15) is 0 Å². The number of carbonyl (C=O) groups excluding carboxylic acids is 1. The first-order valence-corrected chi connectivity index (χ1v) is 6.00. The molecule has 15 heavy (non-hydrogen) atoms. The molecule has 0 heterocycles. The van der Waals surface area contributed by atoms with E-state index in [0.717, 1.165) is 25.7 Å². The van der Waals surface area contributed by atoms with Gasteiger partial charge in [0.05, 0.1) is 0 Å². The Labute approximate surface area is 92.3 Å². The SMILES string of the molecule is CC(CCCO)NC(=O)C1(C)CCCC1. The Morgan fingerprint density at radius 2 is 2.07 bits per heavy atom. The first-order valence-electron chi connectivity index (χ1n) is 6.00. The summed E-state index contributed by atoms with van der Waals surface area (Å²) in [6.45, 7) is 4.28. The van der Waals surface area contributed by atoms with Crippen molar-refractivity contribution in [2.75, 3.05) is 6.61 Å². The molecule has 3 nitrogen and oxygen atoms in total. The molecule has 0 aromatic heterocycles. The van der Waals surface area contributed by atoms with Gasteiger partial charge in [-0.1, -0.05) is 19.8 Å². The molecule has 3 heteroatoms. The van der Waals surface area contributed by atoms with Crippen molar-refractivity contribution < 1.29 is 9.90 Å². The molecule has 0 aliphatic heterocycles. The first kappa shape index (κ1) is 12.5. The maximum absolute atomic E-state index is 12.0. The first-order chi connectivity index (χ1) is 7.08. The number of carbonyl (C=O) groups is 1. The molecule has 2 N–H and O–H groups in total. The fraction of sp³-hybridized carbons (Fsp3) is 0.917. The van der Waals surface area contributed by atoms with Crippen molar-refractivity contribution in [3.63, 3.8) is 0 Å². The summed E-state index contributed by atoms with van der Waals surface area (Å²) < 4.78 is 0. The predicted molar refractivity (Wildman–Crippen MR) is 60.5 cm³/mol. The van der Waals surface area contributed by atoms with Gasteiger partial charge in [-0.25, -0.2) is 0 Å².